The quantitative estimate of drug-likeness (QED) is 0.252. The fourth-order valence-electron chi connectivity index (χ4n) is 4.59. The normalized spacial score (nSPS) is 18.3. The highest BCUT2D eigenvalue weighted by atomic mass is 35.5. The summed E-state index contributed by atoms with van der Waals surface area (Å²) in [7, 11) is -3.55. The molecule has 3 aromatic rings. The number of para-hydroxylation sites is 1. The summed E-state index contributed by atoms with van der Waals surface area (Å²) in [6, 6.07) is 14.4. The monoisotopic (exact) mass is 530 g/mol. The van der Waals surface area contributed by atoms with Crippen LogP contribution in [0.1, 0.15) is 38.5 Å². The van der Waals surface area contributed by atoms with Gasteiger partial charge in [0.05, 0.1) is 10.4 Å². The van der Waals surface area contributed by atoms with Crippen molar-refractivity contribution in [1.82, 2.24) is 14.7 Å². The van der Waals surface area contributed by atoms with Gasteiger partial charge in [0.15, 0.2) is 0 Å². The summed E-state index contributed by atoms with van der Waals surface area (Å²) in [5, 5.41) is 8.30. The van der Waals surface area contributed by atoms with E-state index in [4.69, 9.17) is 27.3 Å². The lowest BCUT2D eigenvalue weighted by molar-refractivity contribution is 0.284. The van der Waals surface area contributed by atoms with Gasteiger partial charge in [-0.05, 0) is 87.2 Å². The zero-order valence-corrected chi connectivity index (χ0v) is 22.0. The van der Waals surface area contributed by atoms with Crippen LogP contribution in [0.3, 0.4) is 0 Å². The van der Waals surface area contributed by atoms with Gasteiger partial charge in [0.1, 0.15) is 5.82 Å². The van der Waals surface area contributed by atoms with Crippen LogP contribution in [-0.4, -0.2) is 44.6 Å². The molecule has 36 heavy (non-hydrogen) atoms. The summed E-state index contributed by atoms with van der Waals surface area (Å²) in [5.74, 6) is 2.31. The number of nitrogens with one attached hydrogen (secondary N) is 3. The number of benzene rings is 2. The molecule has 0 saturated heterocycles. The lowest BCUT2D eigenvalue weighted by atomic mass is 9.82. The Morgan fingerprint density at radius 2 is 1.67 bits per heavy atom. The van der Waals surface area contributed by atoms with E-state index in [0.29, 0.717) is 35.9 Å². The topological polar surface area (TPSA) is 122 Å². The Balaban J connectivity index is 1.27. The van der Waals surface area contributed by atoms with Gasteiger partial charge < -0.3 is 16.4 Å². The van der Waals surface area contributed by atoms with Crippen molar-refractivity contribution < 1.29 is 8.42 Å². The highest BCUT2D eigenvalue weighted by Gasteiger charge is 2.23. The molecule has 194 valence electrons. The first-order valence-electron chi connectivity index (χ1n) is 12.6. The summed E-state index contributed by atoms with van der Waals surface area (Å²) < 4.78 is 27.9. The van der Waals surface area contributed by atoms with Crippen LogP contribution < -0.4 is 21.1 Å². The van der Waals surface area contributed by atoms with Crippen molar-refractivity contribution in [3.8, 4) is 0 Å². The molecule has 8 nitrogen and oxygen atoms in total. The molecule has 1 aromatic heterocycles. The number of nitrogens with zero attached hydrogens (tertiary/aromatic N) is 2. The lowest BCUT2D eigenvalue weighted by Crippen LogP contribution is -2.32. The molecular formula is C26H35ClN6O2S. The molecule has 0 spiro atoms. The number of hydrogen-bond donors (Lipinski definition) is 4. The minimum Gasteiger partial charge on any atom is -0.369 e. The SMILES string of the molecule is NCCCCNc1nc(NCC2CCC(CNS(=O)(=O)c3cccc(Cl)c3)CC2)nc2ccccc12. The molecule has 4 rings (SSSR count). The maximum absolute atomic E-state index is 12.6. The predicted molar refractivity (Wildman–Crippen MR) is 147 cm³/mol. The highest BCUT2D eigenvalue weighted by Crippen LogP contribution is 2.29. The van der Waals surface area contributed by atoms with Crippen molar-refractivity contribution in [3.05, 3.63) is 53.6 Å². The number of unbranched alkanes of at least 4 members (excludes halogenated alkanes) is 1. The zero-order chi connectivity index (χ0) is 25.4. The minimum absolute atomic E-state index is 0.205. The van der Waals surface area contributed by atoms with Gasteiger partial charge in [-0.2, -0.15) is 4.98 Å². The van der Waals surface area contributed by atoms with Gasteiger partial charge >= 0.3 is 0 Å². The van der Waals surface area contributed by atoms with Crippen LogP contribution in [0.4, 0.5) is 11.8 Å². The fourth-order valence-corrected chi connectivity index (χ4v) is 6.00. The first-order chi connectivity index (χ1) is 17.4. The summed E-state index contributed by atoms with van der Waals surface area (Å²) in [6.45, 7) is 2.76. The summed E-state index contributed by atoms with van der Waals surface area (Å²) in [6.07, 6.45) is 6.01. The molecule has 1 aliphatic carbocycles. The molecule has 2 aromatic carbocycles. The van der Waals surface area contributed by atoms with E-state index in [-0.39, 0.29) is 4.90 Å². The Bertz CT molecular complexity index is 1250. The number of nitrogens with two attached hydrogens (primary N) is 1. The highest BCUT2D eigenvalue weighted by molar-refractivity contribution is 7.89. The first kappa shape index (κ1) is 26.6. The van der Waals surface area contributed by atoms with Gasteiger partial charge in [-0.3, -0.25) is 0 Å². The van der Waals surface area contributed by atoms with Crippen LogP contribution in [-0.2, 0) is 10.0 Å². The van der Waals surface area contributed by atoms with Gasteiger partial charge in [-0.1, -0.05) is 29.8 Å². The maximum atomic E-state index is 12.6. The fraction of sp³-hybridized carbons (Fsp3) is 0.462. The number of fused-ring (bicyclic) bond motifs is 1. The molecule has 1 aliphatic rings. The minimum atomic E-state index is -3.55. The average Bonchev–Trinajstić information content (AvgIpc) is 2.89. The smallest absolute Gasteiger partial charge is 0.240 e. The molecule has 1 heterocycles. The van der Waals surface area contributed by atoms with Gasteiger partial charge in [-0.25, -0.2) is 18.1 Å². The number of aromatic nitrogens is 2. The van der Waals surface area contributed by atoms with Gasteiger partial charge in [0, 0.05) is 30.0 Å². The van der Waals surface area contributed by atoms with E-state index in [2.05, 4.69) is 15.4 Å². The Hall–Kier alpha value is -2.46. The third kappa shape index (κ3) is 7.29. The van der Waals surface area contributed by atoms with E-state index < -0.39 is 10.0 Å². The molecule has 10 heteroatoms. The summed E-state index contributed by atoms with van der Waals surface area (Å²) in [4.78, 5) is 9.65. The van der Waals surface area contributed by atoms with E-state index in [1.807, 2.05) is 24.3 Å². The maximum Gasteiger partial charge on any atom is 0.240 e. The van der Waals surface area contributed by atoms with Crippen LogP contribution in [0.5, 0.6) is 0 Å². The predicted octanol–water partition coefficient (Wildman–Crippen LogP) is 4.63. The molecule has 1 fully saturated rings. The van der Waals surface area contributed by atoms with E-state index in [1.54, 1.807) is 18.2 Å². The first-order valence-corrected chi connectivity index (χ1v) is 14.5. The summed E-state index contributed by atoms with van der Waals surface area (Å²) in [5.41, 5.74) is 6.52. The molecule has 1 saturated carbocycles. The Morgan fingerprint density at radius 1 is 0.917 bits per heavy atom. The van der Waals surface area contributed by atoms with E-state index in [9.17, 15) is 8.42 Å². The van der Waals surface area contributed by atoms with E-state index in [1.165, 1.54) is 6.07 Å². The number of rotatable bonds is 12. The van der Waals surface area contributed by atoms with E-state index >= 15 is 0 Å². The second-order valence-corrected chi connectivity index (χ2v) is 11.6. The van der Waals surface area contributed by atoms with Gasteiger partial charge in [0.2, 0.25) is 16.0 Å². The van der Waals surface area contributed by atoms with Crippen LogP contribution >= 0.6 is 11.6 Å². The van der Waals surface area contributed by atoms with Crippen molar-refractivity contribution in [2.75, 3.05) is 36.8 Å². The molecule has 0 unspecified atom stereocenters. The van der Waals surface area contributed by atoms with E-state index in [0.717, 1.165) is 68.3 Å². The average molecular weight is 531 g/mol. The second kappa shape index (κ2) is 12.7. The van der Waals surface area contributed by atoms with Crippen molar-refractivity contribution in [3.63, 3.8) is 0 Å². The Morgan fingerprint density at radius 3 is 2.42 bits per heavy atom. The molecule has 0 amide bonds. The number of halogens is 1. The summed E-state index contributed by atoms with van der Waals surface area (Å²) >= 11 is 5.95. The Labute approximate surface area is 218 Å². The Kier molecular flexibility index (Phi) is 9.36. The molecular weight excluding hydrogens is 496 g/mol. The van der Waals surface area contributed by atoms with Crippen molar-refractivity contribution in [1.29, 1.82) is 0 Å². The number of sulfonamides is 1. The second-order valence-electron chi connectivity index (χ2n) is 9.41. The van der Waals surface area contributed by atoms with Crippen LogP contribution in [0.2, 0.25) is 5.02 Å². The zero-order valence-electron chi connectivity index (χ0n) is 20.4. The van der Waals surface area contributed by atoms with Crippen molar-refractivity contribution >= 4 is 44.3 Å². The largest absolute Gasteiger partial charge is 0.369 e. The standard InChI is InChI=1S/C26H35ClN6O2S/c27-21-6-5-7-22(16-21)36(34,35)31-18-20-12-10-19(11-13-20)17-30-26-32-24-9-2-1-8-23(24)25(33-26)29-15-4-3-14-28/h1-2,5-9,16,19-20,31H,3-4,10-15,17-18,28H2,(H2,29,30,32,33). The molecule has 5 N–H and O–H groups in total. The lowest BCUT2D eigenvalue weighted by Gasteiger charge is -2.28. The van der Waals surface area contributed by atoms with Crippen LogP contribution in [0, 0.1) is 11.8 Å². The van der Waals surface area contributed by atoms with Crippen molar-refractivity contribution in [2.45, 2.75) is 43.4 Å². The molecule has 0 radical (unpaired) electrons. The van der Waals surface area contributed by atoms with Crippen LogP contribution in [0.25, 0.3) is 10.9 Å². The number of hydrogen-bond acceptors (Lipinski definition) is 7. The molecule has 0 atom stereocenters. The van der Waals surface area contributed by atoms with Crippen molar-refractivity contribution in [2.24, 2.45) is 17.6 Å². The molecule has 0 bridgehead atoms. The van der Waals surface area contributed by atoms with Crippen LogP contribution in [0.15, 0.2) is 53.4 Å². The van der Waals surface area contributed by atoms with Gasteiger partial charge in [0.25, 0.3) is 0 Å². The third-order valence-corrected chi connectivity index (χ3v) is 8.37. The number of anilines is 2. The van der Waals surface area contributed by atoms with Gasteiger partial charge in [-0.15, -0.1) is 0 Å². The molecule has 0 aliphatic heterocycles. The third-order valence-electron chi connectivity index (χ3n) is 6.71.